The summed E-state index contributed by atoms with van der Waals surface area (Å²) in [7, 11) is 0. The molecule has 0 aliphatic heterocycles. The van der Waals surface area contributed by atoms with Gasteiger partial charge in [-0.2, -0.15) is 4.80 Å². The predicted molar refractivity (Wildman–Crippen MR) is 79.1 cm³/mol. The van der Waals surface area contributed by atoms with Crippen LogP contribution in [0.4, 0.5) is 5.69 Å². The molecule has 2 rings (SSSR count). The van der Waals surface area contributed by atoms with Gasteiger partial charge in [-0.1, -0.05) is 13.8 Å². The van der Waals surface area contributed by atoms with E-state index in [1.54, 1.807) is 12.4 Å². The number of carbonyl (C=O) groups is 1. The molecule has 2 aromatic heterocycles. The molecular formula is C14H20N6O. The SMILES string of the molecule is CC(C)c1cncc(NC(=O)c2nnn(C(C)(C)C)n2)c1. The van der Waals surface area contributed by atoms with Crippen LogP contribution >= 0.6 is 0 Å². The lowest BCUT2D eigenvalue weighted by molar-refractivity contribution is 0.101. The zero-order valence-electron chi connectivity index (χ0n) is 13.0. The summed E-state index contributed by atoms with van der Waals surface area (Å²) in [5.74, 6) is -0.0117. The Morgan fingerprint density at radius 3 is 2.57 bits per heavy atom. The molecule has 0 unspecified atom stereocenters. The third-order valence-electron chi connectivity index (χ3n) is 2.90. The second-order valence-electron chi connectivity index (χ2n) is 6.19. The van der Waals surface area contributed by atoms with Gasteiger partial charge in [0, 0.05) is 6.20 Å². The number of rotatable bonds is 3. The standard InChI is InChI=1S/C14H20N6O/c1-9(2)10-6-11(8-15-7-10)16-13(21)12-17-19-20(18-12)14(3,4)5/h6-9H,1-5H3,(H,16,21). The van der Waals surface area contributed by atoms with Crippen LogP contribution in [0.2, 0.25) is 0 Å². The van der Waals surface area contributed by atoms with Crippen LogP contribution in [-0.2, 0) is 5.54 Å². The van der Waals surface area contributed by atoms with Crippen molar-refractivity contribution in [2.45, 2.75) is 46.1 Å². The average Bonchev–Trinajstić information content (AvgIpc) is 2.88. The molecule has 7 heteroatoms. The lowest BCUT2D eigenvalue weighted by Crippen LogP contribution is -2.25. The Hall–Kier alpha value is -2.31. The van der Waals surface area contributed by atoms with Gasteiger partial charge in [0.2, 0.25) is 0 Å². The first-order chi connectivity index (χ1) is 9.77. The van der Waals surface area contributed by atoms with E-state index in [1.807, 2.05) is 26.8 Å². The molecule has 1 N–H and O–H groups in total. The number of nitrogens with one attached hydrogen (secondary N) is 1. The van der Waals surface area contributed by atoms with Crippen molar-refractivity contribution in [2.24, 2.45) is 0 Å². The second-order valence-corrected chi connectivity index (χ2v) is 6.19. The zero-order chi connectivity index (χ0) is 15.6. The molecule has 0 aliphatic rings. The van der Waals surface area contributed by atoms with Gasteiger partial charge in [0.15, 0.2) is 0 Å². The molecule has 0 atom stereocenters. The molecule has 112 valence electrons. The molecule has 0 aliphatic carbocycles. The Morgan fingerprint density at radius 2 is 2.00 bits per heavy atom. The van der Waals surface area contributed by atoms with Crippen LogP contribution in [0.5, 0.6) is 0 Å². The minimum atomic E-state index is -0.395. The van der Waals surface area contributed by atoms with Gasteiger partial charge in [0.25, 0.3) is 11.7 Å². The molecule has 0 radical (unpaired) electrons. The number of amides is 1. The summed E-state index contributed by atoms with van der Waals surface area (Å²) >= 11 is 0. The molecular weight excluding hydrogens is 268 g/mol. The van der Waals surface area contributed by atoms with E-state index in [0.29, 0.717) is 11.6 Å². The van der Waals surface area contributed by atoms with Gasteiger partial charge >= 0.3 is 0 Å². The average molecular weight is 288 g/mol. The number of carbonyl (C=O) groups excluding carboxylic acids is 1. The summed E-state index contributed by atoms with van der Waals surface area (Å²) in [5.41, 5.74) is 1.36. The molecule has 0 bridgehead atoms. The van der Waals surface area contributed by atoms with Crippen molar-refractivity contribution in [1.82, 2.24) is 25.2 Å². The molecule has 0 saturated heterocycles. The van der Waals surface area contributed by atoms with Gasteiger partial charge in [0.1, 0.15) is 0 Å². The third kappa shape index (κ3) is 3.62. The topological polar surface area (TPSA) is 85.6 Å². The fraction of sp³-hybridized carbons (Fsp3) is 0.500. The molecule has 0 saturated carbocycles. The third-order valence-corrected chi connectivity index (χ3v) is 2.90. The monoisotopic (exact) mass is 288 g/mol. The smallest absolute Gasteiger partial charge is 0.297 e. The summed E-state index contributed by atoms with van der Waals surface area (Å²) in [4.78, 5) is 17.7. The highest BCUT2D eigenvalue weighted by Crippen LogP contribution is 2.17. The Balaban J connectivity index is 2.15. The largest absolute Gasteiger partial charge is 0.318 e. The molecule has 0 fully saturated rings. The van der Waals surface area contributed by atoms with E-state index < -0.39 is 5.91 Å². The second kappa shape index (κ2) is 5.59. The highest BCUT2D eigenvalue weighted by atomic mass is 16.2. The maximum atomic E-state index is 12.1. The number of hydrogen-bond donors (Lipinski definition) is 1. The van der Waals surface area contributed by atoms with Crippen molar-refractivity contribution >= 4 is 11.6 Å². The minimum Gasteiger partial charge on any atom is -0.318 e. The predicted octanol–water partition coefficient (Wildman–Crippen LogP) is 2.20. The molecule has 1 amide bonds. The van der Waals surface area contributed by atoms with E-state index in [2.05, 4.69) is 39.6 Å². The van der Waals surface area contributed by atoms with Gasteiger partial charge in [-0.15, -0.1) is 10.2 Å². The molecule has 2 heterocycles. The van der Waals surface area contributed by atoms with Crippen molar-refractivity contribution in [2.75, 3.05) is 5.32 Å². The molecule has 0 aromatic carbocycles. The lowest BCUT2D eigenvalue weighted by Gasteiger charge is -2.15. The van der Waals surface area contributed by atoms with Gasteiger partial charge < -0.3 is 5.32 Å². The van der Waals surface area contributed by atoms with E-state index in [1.165, 1.54) is 4.80 Å². The Bertz CT molecular complexity index is 641. The van der Waals surface area contributed by atoms with Crippen LogP contribution in [0.15, 0.2) is 18.5 Å². The number of aromatic nitrogens is 5. The molecule has 21 heavy (non-hydrogen) atoms. The summed E-state index contributed by atoms with van der Waals surface area (Å²) in [6, 6.07) is 1.89. The van der Waals surface area contributed by atoms with Gasteiger partial charge in [-0.25, -0.2) is 0 Å². The van der Waals surface area contributed by atoms with Crippen LogP contribution < -0.4 is 5.32 Å². The van der Waals surface area contributed by atoms with Gasteiger partial charge in [0.05, 0.1) is 17.4 Å². The molecule has 7 nitrogen and oxygen atoms in total. The van der Waals surface area contributed by atoms with Crippen molar-refractivity contribution in [3.8, 4) is 0 Å². The fourth-order valence-corrected chi connectivity index (χ4v) is 1.62. The summed E-state index contributed by atoms with van der Waals surface area (Å²) in [5, 5.41) is 14.5. The highest BCUT2D eigenvalue weighted by Gasteiger charge is 2.20. The van der Waals surface area contributed by atoms with Crippen LogP contribution in [0, 0.1) is 0 Å². The van der Waals surface area contributed by atoms with Crippen LogP contribution in [0.25, 0.3) is 0 Å². The summed E-state index contributed by atoms with van der Waals surface area (Å²) in [6.07, 6.45) is 3.38. The van der Waals surface area contributed by atoms with E-state index in [0.717, 1.165) is 5.56 Å². The van der Waals surface area contributed by atoms with Crippen molar-refractivity contribution in [3.05, 3.63) is 29.8 Å². The van der Waals surface area contributed by atoms with E-state index in [-0.39, 0.29) is 11.4 Å². The van der Waals surface area contributed by atoms with Gasteiger partial charge in [-0.3, -0.25) is 9.78 Å². The quantitative estimate of drug-likeness (QED) is 0.935. The van der Waals surface area contributed by atoms with Crippen LogP contribution in [-0.4, -0.2) is 31.1 Å². The highest BCUT2D eigenvalue weighted by molar-refractivity contribution is 6.01. The van der Waals surface area contributed by atoms with Crippen LogP contribution in [0.3, 0.4) is 0 Å². The summed E-state index contributed by atoms with van der Waals surface area (Å²) < 4.78 is 0. The first kappa shape index (κ1) is 15.1. The Morgan fingerprint density at radius 1 is 1.29 bits per heavy atom. The maximum absolute atomic E-state index is 12.1. The fourth-order valence-electron chi connectivity index (χ4n) is 1.62. The zero-order valence-corrected chi connectivity index (χ0v) is 13.0. The first-order valence-electron chi connectivity index (χ1n) is 6.84. The number of nitrogens with zero attached hydrogens (tertiary/aromatic N) is 5. The first-order valence-corrected chi connectivity index (χ1v) is 6.84. The van der Waals surface area contributed by atoms with Crippen molar-refractivity contribution in [3.63, 3.8) is 0 Å². The van der Waals surface area contributed by atoms with Gasteiger partial charge in [-0.05, 0) is 43.5 Å². The Labute approximate surface area is 123 Å². The van der Waals surface area contributed by atoms with Crippen LogP contribution in [0.1, 0.15) is 56.7 Å². The molecule has 0 spiro atoms. The summed E-state index contributed by atoms with van der Waals surface area (Å²) in [6.45, 7) is 9.95. The maximum Gasteiger partial charge on any atom is 0.297 e. The normalized spacial score (nSPS) is 11.7. The van der Waals surface area contributed by atoms with Crippen molar-refractivity contribution in [1.29, 1.82) is 0 Å². The molecule has 2 aromatic rings. The number of anilines is 1. The number of hydrogen-bond acceptors (Lipinski definition) is 5. The van der Waals surface area contributed by atoms with E-state index in [4.69, 9.17) is 0 Å². The van der Waals surface area contributed by atoms with E-state index >= 15 is 0 Å². The lowest BCUT2D eigenvalue weighted by atomic mass is 10.1. The number of pyridine rings is 1. The minimum absolute atomic E-state index is 0.0416. The van der Waals surface area contributed by atoms with Crippen molar-refractivity contribution < 1.29 is 4.79 Å². The Kier molecular flexibility index (Phi) is 4.02. The van der Waals surface area contributed by atoms with E-state index in [9.17, 15) is 4.79 Å². The number of tetrazole rings is 1.